The van der Waals surface area contributed by atoms with Gasteiger partial charge in [0.2, 0.25) is 5.95 Å². The van der Waals surface area contributed by atoms with Crippen molar-refractivity contribution in [1.29, 1.82) is 0 Å². The van der Waals surface area contributed by atoms with E-state index < -0.39 is 11.7 Å². The molecule has 158 valence electrons. The van der Waals surface area contributed by atoms with E-state index in [4.69, 9.17) is 19.9 Å². The SMILES string of the molecule is CNc1nc(-c2cccc(CC(C)(C)OC(N)=O)c2)c2cc(OC)c(OC)cc2n1. The number of carbonyl (C=O) groups is 1. The standard InChI is InChI=1S/C22H26N4O4/c1-22(2,30-20(23)27)12-13-7-6-8-14(9-13)19-15-10-17(28-4)18(29-5)11-16(15)25-21(24-3)26-19/h6-11H,12H2,1-5H3,(H2,23,27)(H,24,25,26). The number of methoxy groups -OCH3 is 2. The molecule has 0 aliphatic rings. The summed E-state index contributed by atoms with van der Waals surface area (Å²) in [6.45, 7) is 3.64. The molecule has 0 saturated carbocycles. The highest BCUT2D eigenvalue weighted by Crippen LogP contribution is 2.36. The lowest BCUT2D eigenvalue weighted by atomic mass is 9.95. The molecule has 0 aliphatic carbocycles. The van der Waals surface area contributed by atoms with Crippen LogP contribution in [0.2, 0.25) is 0 Å². The second-order valence-electron chi connectivity index (χ2n) is 7.43. The largest absolute Gasteiger partial charge is 0.493 e. The fourth-order valence-electron chi connectivity index (χ4n) is 3.42. The Hall–Kier alpha value is -3.55. The van der Waals surface area contributed by atoms with Gasteiger partial charge in [0.1, 0.15) is 5.60 Å². The van der Waals surface area contributed by atoms with E-state index >= 15 is 0 Å². The molecule has 0 saturated heterocycles. The predicted octanol–water partition coefficient (Wildman–Crippen LogP) is 3.77. The molecule has 0 aliphatic heterocycles. The van der Waals surface area contributed by atoms with Gasteiger partial charge in [-0.05, 0) is 31.5 Å². The van der Waals surface area contributed by atoms with E-state index in [1.807, 2.05) is 50.2 Å². The summed E-state index contributed by atoms with van der Waals surface area (Å²) in [6, 6.07) is 11.6. The highest BCUT2D eigenvalue weighted by atomic mass is 16.6. The van der Waals surface area contributed by atoms with Crippen LogP contribution >= 0.6 is 0 Å². The third-order valence-corrected chi connectivity index (χ3v) is 4.63. The number of anilines is 1. The van der Waals surface area contributed by atoms with E-state index in [2.05, 4.69) is 15.3 Å². The van der Waals surface area contributed by atoms with Crippen LogP contribution in [-0.2, 0) is 11.2 Å². The maximum atomic E-state index is 11.2. The molecule has 30 heavy (non-hydrogen) atoms. The summed E-state index contributed by atoms with van der Waals surface area (Å²) in [4.78, 5) is 20.4. The fourth-order valence-corrected chi connectivity index (χ4v) is 3.42. The number of hydrogen-bond donors (Lipinski definition) is 2. The van der Waals surface area contributed by atoms with Crippen LogP contribution in [0.5, 0.6) is 11.5 Å². The maximum absolute atomic E-state index is 11.2. The molecule has 3 rings (SSSR count). The van der Waals surface area contributed by atoms with Gasteiger partial charge in [0, 0.05) is 30.5 Å². The number of fused-ring (bicyclic) bond motifs is 1. The van der Waals surface area contributed by atoms with Crippen LogP contribution in [0, 0.1) is 0 Å². The van der Waals surface area contributed by atoms with Crippen LogP contribution in [-0.4, -0.2) is 42.9 Å². The molecule has 1 aromatic heterocycles. The second kappa shape index (κ2) is 8.44. The van der Waals surface area contributed by atoms with Crippen LogP contribution in [0.1, 0.15) is 19.4 Å². The van der Waals surface area contributed by atoms with E-state index in [0.717, 1.165) is 27.7 Å². The summed E-state index contributed by atoms with van der Waals surface area (Å²) >= 11 is 0. The fraction of sp³-hybridized carbons (Fsp3) is 0.318. The molecule has 3 N–H and O–H groups in total. The molecule has 0 bridgehead atoms. The molecule has 0 spiro atoms. The van der Waals surface area contributed by atoms with E-state index in [9.17, 15) is 4.79 Å². The number of nitrogens with zero attached hydrogens (tertiary/aromatic N) is 2. The molecule has 0 unspecified atom stereocenters. The van der Waals surface area contributed by atoms with Crippen LogP contribution in [0.15, 0.2) is 36.4 Å². The number of amides is 1. The molecular formula is C22H26N4O4. The minimum absolute atomic E-state index is 0.493. The van der Waals surface area contributed by atoms with Gasteiger partial charge in [0.15, 0.2) is 11.5 Å². The van der Waals surface area contributed by atoms with Crippen molar-refractivity contribution >= 4 is 22.9 Å². The van der Waals surface area contributed by atoms with Crippen molar-refractivity contribution in [3.63, 3.8) is 0 Å². The van der Waals surface area contributed by atoms with Gasteiger partial charge < -0.3 is 25.3 Å². The quantitative estimate of drug-likeness (QED) is 0.610. The Morgan fingerprint density at radius 3 is 2.43 bits per heavy atom. The van der Waals surface area contributed by atoms with E-state index in [1.165, 1.54) is 0 Å². The molecule has 0 radical (unpaired) electrons. The van der Waals surface area contributed by atoms with Crippen molar-refractivity contribution in [1.82, 2.24) is 9.97 Å². The first kappa shape index (κ1) is 21.2. The summed E-state index contributed by atoms with van der Waals surface area (Å²) in [5, 5.41) is 3.83. The Bertz CT molecular complexity index is 1080. The van der Waals surface area contributed by atoms with Gasteiger partial charge in [-0.15, -0.1) is 0 Å². The number of hydrogen-bond acceptors (Lipinski definition) is 7. The molecular weight excluding hydrogens is 384 g/mol. The number of aromatic nitrogens is 2. The number of benzene rings is 2. The monoisotopic (exact) mass is 410 g/mol. The predicted molar refractivity (Wildman–Crippen MR) is 116 cm³/mol. The van der Waals surface area contributed by atoms with Gasteiger partial charge in [-0.2, -0.15) is 0 Å². The summed E-state index contributed by atoms with van der Waals surface area (Å²) in [5.74, 6) is 1.68. The molecule has 8 nitrogen and oxygen atoms in total. The highest BCUT2D eigenvalue weighted by Gasteiger charge is 2.23. The Balaban J connectivity index is 2.13. The molecule has 8 heteroatoms. The Morgan fingerprint density at radius 2 is 1.80 bits per heavy atom. The van der Waals surface area contributed by atoms with Gasteiger partial charge in [0.05, 0.1) is 25.4 Å². The van der Waals surface area contributed by atoms with E-state index in [0.29, 0.717) is 23.9 Å². The van der Waals surface area contributed by atoms with Gasteiger partial charge >= 0.3 is 6.09 Å². The zero-order valence-corrected chi connectivity index (χ0v) is 17.8. The second-order valence-corrected chi connectivity index (χ2v) is 7.43. The molecule has 1 heterocycles. The third kappa shape index (κ3) is 4.53. The minimum atomic E-state index is -0.794. The molecule has 1 amide bonds. The first-order valence-electron chi connectivity index (χ1n) is 9.45. The van der Waals surface area contributed by atoms with Crippen LogP contribution < -0.4 is 20.5 Å². The Kier molecular flexibility index (Phi) is 5.96. The van der Waals surface area contributed by atoms with Gasteiger partial charge in [-0.1, -0.05) is 18.2 Å². The van der Waals surface area contributed by atoms with Crippen molar-refractivity contribution in [2.24, 2.45) is 5.73 Å². The van der Waals surface area contributed by atoms with Gasteiger partial charge in [-0.3, -0.25) is 0 Å². The highest BCUT2D eigenvalue weighted by molar-refractivity contribution is 5.95. The molecule has 3 aromatic rings. The number of nitrogens with two attached hydrogens (primary N) is 1. The van der Waals surface area contributed by atoms with Crippen LogP contribution in [0.3, 0.4) is 0 Å². The number of carbonyl (C=O) groups excluding carboxylic acids is 1. The maximum Gasteiger partial charge on any atom is 0.405 e. The smallest absolute Gasteiger partial charge is 0.405 e. The number of ether oxygens (including phenoxy) is 3. The zero-order valence-electron chi connectivity index (χ0n) is 17.8. The lowest BCUT2D eigenvalue weighted by Gasteiger charge is -2.24. The molecule has 0 atom stereocenters. The topological polar surface area (TPSA) is 109 Å². The summed E-state index contributed by atoms with van der Waals surface area (Å²) in [5.41, 5.74) is 7.82. The Labute approximate surface area is 175 Å². The average molecular weight is 410 g/mol. The van der Waals surface area contributed by atoms with Gasteiger partial charge in [0.25, 0.3) is 0 Å². The normalized spacial score (nSPS) is 11.2. The summed E-state index contributed by atoms with van der Waals surface area (Å²) in [7, 11) is 4.95. The van der Waals surface area contributed by atoms with Crippen LogP contribution in [0.4, 0.5) is 10.7 Å². The van der Waals surface area contributed by atoms with Crippen molar-refractivity contribution in [3.8, 4) is 22.8 Å². The lowest BCUT2D eigenvalue weighted by Crippen LogP contribution is -2.33. The third-order valence-electron chi connectivity index (χ3n) is 4.63. The van der Waals surface area contributed by atoms with Crippen molar-refractivity contribution in [2.75, 3.05) is 26.6 Å². The van der Waals surface area contributed by atoms with Crippen molar-refractivity contribution < 1.29 is 19.0 Å². The molecule has 0 fully saturated rings. The first-order valence-corrected chi connectivity index (χ1v) is 9.45. The van der Waals surface area contributed by atoms with Gasteiger partial charge in [-0.25, -0.2) is 14.8 Å². The summed E-state index contributed by atoms with van der Waals surface area (Å²) < 4.78 is 16.1. The zero-order chi connectivity index (χ0) is 21.9. The first-order chi connectivity index (χ1) is 14.3. The molecule has 2 aromatic carbocycles. The van der Waals surface area contributed by atoms with E-state index in [-0.39, 0.29) is 0 Å². The lowest BCUT2D eigenvalue weighted by molar-refractivity contribution is 0.0460. The van der Waals surface area contributed by atoms with E-state index in [1.54, 1.807) is 21.3 Å². The number of nitrogens with one attached hydrogen (secondary N) is 1. The van der Waals surface area contributed by atoms with Crippen LogP contribution in [0.25, 0.3) is 22.2 Å². The van der Waals surface area contributed by atoms with Crippen molar-refractivity contribution in [2.45, 2.75) is 25.9 Å². The number of primary amides is 1. The minimum Gasteiger partial charge on any atom is -0.493 e. The Morgan fingerprint density at radius 1 is 1.10 bits per heavy atom. The summed E-state index contributed by atoms with van der Waals surface area (Å²) in [6.07, 6.45) is -0.291. The average Bonchev–Trinajstić information content (AvgIpc) is 2.70. The number of rotatable bonds is 7. The van der Waals surface area contributed by atoms with Crippen molar-refractivity contribution in [3.05, 3.63) is 42.0 Å².